The first-order valence-corrected chi connectivity index (χ1v) is 16.8. The van der Waals surface area contributed by atoms with Gasteiger partial charge in [0.25, 0.3) is 11.8 Å². The van der Waals surface area contributed by atoms with Crippen LogP contribution < -0.4 is 10.3 Å². The Hall–Kier alpha value is -6.30. The summed E-state index contributed by atoms with van der Waals surface area (Å²) < 4.78 is 15.3. The van der Waals surface area contributed by atoms with Crippen LogP contribution in [0.1, 0.15) is 45.8 Å². The maximum absolute atomic E-state index is 15.3. The number of carboxylic acid groups (broad SMARTS) is 1. The average Bonchev–Trinajstić information content (AvgIpc) is 3.51. The van der Waals surface area contributed by atoms with Gasteiger partial charge in [0, 0.05) is 17.5 Å². The van der Waals surface area contributed by atoms with Crippen LogP contribution >= 0.6 is 0 Å². The van der Waals surface area contributed by atoms with Crippen LogP contribution in [0.2, 0.25) is 0 Å². The topological polar surface area (TPSA) is 165 Å². The molecule has 4 amide bonds. The predicted octanol–water partition coefficient (Wildman–Crippen LogP) is 5.43. The molecule has 8 rings (SSSR count). The number of benzene rings is 4. The number of amides is 4. The number of nitrogens with zero attached hydrogens (tertiary/aromatic N) is 2. The number of fused-ring (bicyclic) bond motifs is 4. The summed E-state index contributed by atoms with van der Waals surface area (Å²) in [5.74, 6) is -10.9. The predicted molar refractivity (Wildman–Crippen MR) is 184 cm³/mol. The van der Waals surface area contributed by atoms with Gasteiger partial charge in [0.1, 0.15) is 11.3 Å². The number of rotatable bonds is 6. The van der Waals surface area contributed by atoms with E-state index in [2.05, 4.69) is 5.43 Å². The second-order valence-corrected chi connectivity index (χ2v) is 13.8. The first kappa shape index (κ1) is 32.9. The molecule has 4 aromatic rings. The minimum atomic E-state index is -1.69. The maximum atomic E-state index is 15.3. The monoisotopic (exact) mass is 701 g/mol. The molecule has 3 fully saturated rings. The van der Waals surface area contributed by atoms with Crippen molar-refractivity contribution in [2.45, 2.75) is 31.1 Å². The van der Waals surface area contributed by atoms with Gasteiger partial charge in [0.2, 0.25) is 11.8 Å². The van der Waals surface area contributed by atoms with Crippen LogP contribution in [-0.2, 0) is 24.6 Å². The van der Waals surface area contributed by atoms with Crippen molar-refractivity contribution in [3.8, 4) is 11.5 Å². The second kappa shape index (κ2) is 11.9. The fourth-order valence-electron chi connectivity index (χ4n) is 8.95. The van der Waals surface area contributed by atoms with Crippen LogP contribution in [0.4, 0.5) is 15.8 Å². The molecule has 2 saturated heterocycles. The van der Waals surface area contributed by atoms with E-state index in [-0.39, 0.29) is 24.1 Å². The number of phenols is 2. The van der Waals surface area contributed by atoms with Crippen molar-refractivity contribution in [3.05, 3.63) is 131 Å². The standard InChI is InChI=1S/C40H32FN3O8/c1-20-10-12-22(13-11-20)42-44-36(48)29-19-28-24(16-17-26-32(28)37(49)43(35(26)47)23-14-15-25(38(50)51)31(45)18-23)33(27-8-5-9-30(41)34(27)46)40(29,39(44)52)21-6-3-2-4-7-21/h2-16,18,26,28-29,32-33,42,45-46H,17,19H2,1H3,(H,50,51). The number of aromatic carboxylic acids is 1. The molecule has 11 nitrogen and oxygen atoms in total. The molecule has 0 aromatic heterocycles. The van der Waals surface area contributed by atoms with Crippen molar-refractivity contribution >= 4 is 41.0 Å². The third kappa shape index (κ3) is 4.59. The van der Waals surface area contributed by atoms with Gasteiger partial charge >= 0.3 is 5.97 Å². The zero-order valence-electron chi connectivity index (χ0n) is 27.7. The molecule has 6 atom stereocenters. The van der Waals surface area contributed by atoms with E-state index in [1.807, 2.05) is 19.1 Å². The molecular weight excluding hydrogens is 669 g/mol. The lowest BCUT2D eigenvalue weighted by atomic mass is 9.49. The Morgan fingerprint density at radius 2 is 1.60 bits per heavy atom. The second-order valence-electron chi connectivity index (χ2n) is 13.8. The Kier molecular flexibility index (Phi) is 7.52. The third-order valence-corrected chi connectivity index (χ3v) is 11.2. The Morgan fingerprint density at radius 1 is 0.865 bits per heavy atom. The number of carbonyl (C=O) groups is 5. The van der Waals surface area contributed by atoms with Gasteiger partial charge in [-0.3, -0.25) is 24.6 Å². The molecule has 2 aliphatic carbocycles. The Balaban J connectivity index is 1.30. The summed E-state index contributed by atoms with van der Waals surface area (Å²) in [5.41, 5.74) is 3.36. The Bertz CT molecular complexity index is 2240. The number of hydrogen-bond acceptors (Lipinski definition) is 8. The minimum absolute atomic E-state index is 0.0113. The lowest BCUT2D eigenvalue weighted by Gasteiger charge is -2.50. The van der Waals surface area contributed by atoms with E-state index in [0.717, 1.165) is 33.7 Å². The zero-order valence-corrected chi connectivity index (χ0v) is 27.7. The first-order chi connectivity index (χ1) is 24.9. The number of imide groups is 2. The molecule has 4 aliphatic rings. The smallest absolute Gasteiger partial charge is 0.339 e. The van der Waals surface area contributed by atoms with Crippen molar-refractivity contribution in [3.63, 3.8) is 0 Å². The van der Waals surface area contributed by atoms with Crippen LogP contribution in [0.25, 0.3) is 0 Å². The summed E-state index contributed by atoms with van der Waals surface area (Å²) >= 11 is 0. The number of aromatic hydroxyl groups is 2. The normalized spacial score (nSPS) is 26.5. The molecular formula is C40H32FN3O8. The fourth-order valence-corrected chi connectivity index (χ4v) is 8.95. The van der Waals surface area contributed by atoms with E-state index in [1.165, 1.54) is 18.2 Å². The highest BCUT2D eigenvalue weighted by molar-refractivity contribution is 6.23. The number of para-hydroxylation sites is 1. The summed E-state index contributed by atoms with van der Waals surface area (Å²) in [7, 11) is 0. The Labute approximate surface area is 296 Å². The molecule has 262 valence electrons. The van der Waals surface area contributed by atoms with Gasteiger partial charge < -0.3 is 15.3 Å². The maximum Gasteiger partial charge on any atom is 0.339 e. The van der Waals surface area contributed by atoms with E-state index >= 15 is 9.18 Å². The van der Waals surface area contributed by atoms with Gasteiger partial charge in [-0.2, -0.15) is 5.01 Å². The average molecular weight is 702 g/mol. The van der Waals surface area contributed by atoms with E-state index in [9.17, 15) is 34.5 Å². The number of halogens is 1. The molecule has 2 aliphatic heterocycles. The molecule has 52 heavy (non-hydrogen) atoms. The van der Waals surface area contributed by atoms with Gasteiger partial charge in [0.05, 0.1) is 34.5 Å². The largest absolute Gasteiger partial charge is 0.507 e. The molecule has 0 bridgehead atoms. The van der Waals surface area contributed by atoms with Crippen LogP contribution in [0.5, 0.6) is 11.5 Å². The highest BCUT2D eigenvalue weighted by atomic mass is 19.1. The summed E-state index contributed by atoms with van der Waals surface area (Å²) in [5, 5.41) is 32.1. The number of carboxylic acids is 1. The molecule has 2 heterocycles. The van der Waals surface area contributed by atoms with Gasteiger partial charge in [-0.15, -0.1) is 0 Å². The van der Waals surface area contributed by atoms with Crippen molar-refractivity contribution in [1.29, 1.82) is 0 Å². The minimum Gasteiger partial charge on any atom is -0.507 e. The number of hydrogen-bond donors (Lipinski definition) is 4. The van der Waals surface area contributed by atoms with Crippen molar-refractivity contribution < 1.29 is 43.7 Å². The highest BCUT2D eigenvalue weighted by Gasteiger charge is 2.70. The van der Waals surface area contributed by atoms with E-state index in [0.29, 0.717) is 16.8 Å². The number of hydrazine groups is 1. The molecule has 6 unspecified atom stereocenters. The number of allylic oxidation sites excluding steroid dienone is 2. The Morgan fingerprint density at radius 3 is 2.29 bits per heavy atom. The van der Waals surface area contributed by atoms with E-state index in [4.69, 9.17) is 0 Å². The number of phenolic OH excluding ortho intramolecular Hbond substituents is 1. The lowest BCUT2D eigenvalue weighted by molar-refractivity contribution is -0.138. The van der Waals surface area contributed by atoms with Crippen LogP contribution in [0.15, 0.2) is 103 Å². The fraction of sp³-hybridized carbons (Fsp3) is 0.225. The number of anilines is 2. The molecule has 1 saturated carbocycles. The molecule has 4 aromatic carbocycles. The number of aryl methyl sites for hydroxylation is 1. The van der Waals surface area contributed by atoms with Crippen LogP contribution in [0.3, 0.4) is 0 Å². The van der Waals surface area contributed by atoms with Crippen molar-refractivity contribution in [1.82, 2.24) is 5.01 Å². The van der Waals surface area contributed by atoms with E-state index in [1.54, 1.807) is 48.5 Å². The molecule has 0 spiro atoms. The summed E-state index contributed by atoms with van der Waals surface area (Å²) in [6.07, 6.45) is 1.81. The third-order valence-electron chi connectivity index (χ3n) is 11.2. The quantitative estimate of drug-likeness (QED) is 0.152. The van der Waals surface area contributed by atoms with Gasteiger partial charge in [-0.25, -0.2) is 14.1 Å². The molecule has 4 N–H and O–H groups in total. The summed E-state index contributed by atoms with van der Waals surface area (Å²) in [6, 6.07) is 23.2. The first-order valence-electron chi connectivity index (χ1n) is 16.8. The zero-order chi connectivity index (χ0) is 36.6. The van der Waals surface area contributed by atoms with Gasteiger partial charge in [0.15, 0.2) is 11.6 Å². The SMILES string of the molecule is Cc1ccc(NN2C(=O)C3CC4C(=CCC5C(=O)N(c6ccc(C(=O)O)c(O)c6)C(=O)C54)C(c4cccc(F)c4O)C3(c3ccccc3)C2=O)cc1. The van der Waals surface area contributed by atoms with Crippen LogP contribution in [0, 0.1) is 36.4 Å². The molecule has 0 radical (unpaired) electrons. The van der Waals surface area contributed by atoms with Crippen molar-refractivity contribution in [2.75, 3.05) is 10.3 Å². The lowest BCUT2D eigenvalue weighted by Crippen LogP contribution is -2.53. The number of nitrogens with one attached hydrogen (secondary N) is 1. The van der Waals surface area contributed by atoms with Gasteiger partial charge in [-0.05, 0) is 61.6 Å². The number of carbonyl (C=O) groups excluding carboxylic acids is 4. The van der Waals surface area contributed by atoms with Crippen LogP contribution in [-0.4, -0.2) is 49.9 Å². The summed E-state index contributed by atoms with van der Waals surface area (Å²) in [4.78, 5) is 70.7. The van der Waals surface area contributed by atoms with Crippen molar-refractivity contribution in [2.24, 2.45) is 23.7 Å². The molecule has 12 heteroatoms. The highest BCUT2D eigenvalue weighted by Crippen LogP contribution is 2.65. The van der Waals surface area contributed by atoms with Gasteiger partial charge in [-0.1, -0.05) is 71.8 Å². The van der Waals surface area contributed by atoms with E-state index < -0.39 is 87.5 Å². The summed E-state index contributed by atoms with van der Waals surface area (Å²) in [6.45, 7) is 1.90.